The summed E-state index contributed by atoms with van der Waals surface area (Å²) in [7, 11) is 0. The molecule has 1 amide bonds. The molecule has 0 aliphatic carbocycles. The van der Waals surface area contributed by atoms with Crippen molar-refractivity contribution in [1.29, 1.82) is 0 Å². The lowest BCUT2D eigenvalue weighted by atomic mass is 10.0. The van der Waals surface area contributed by atoms with Crippen molar-refractivity contribution in [3.05, 3.63) is 58.3 Å². The van der Waals surface area contributed by atoms with Crippen LogP contribution in [0.1, 0.15) is 29.0 Å². The van der Waals surface area contributed by atoms with Crippen LogP contribution in [0.2, 0.25) is 0 Å². The Kier molecular flexibility index (Phi) is 7.94. The van der Waals surface area contributed by atoms with E-state index in [1.54, 1.807) is 30.0 Å². The van der Waals surface area contributed by atoms with Gasteiger partial charge in [0.2, 0.25) is 5.91 Å². The van der Waals surface area contributed by atoms with Gasteiger partial charge in [0.25, 0.3) is 0 Å². The molecule has 0 radical (unpaired) electrons. The molecule has 0 bridgehead atoms. The molecule has 2 N–H and O–H groups in total. The third kappa shape index (κ3) is 5.83. The molecule has 1 aromatic carbocycles. The van der Waals surface area contributed by atoms with Crippen molar-refractivity contribution in [2.45, 2.75) is 37.1 Å². The van der Waals surface area contributed by atoms with Gasteiger partial charge in [-0.25, -0.2) is 0 Å². The second-order valence-electron chi connectivity index (χ2n) is 6.63. The van der Waals surface area contributed by atoms with E-state index in [1.165, 1.54) is 4.88 Å². The first-order valence-electron chi connectivity index (χ1n) is 9.56. The molecule has 0 saturated carbocycles. The van der Waals surface area contributed by atoms with Gasteiger partial charge >= 0.3 is 5.97 Å². The Morgan fingerprint density at radius 2 is 2.11 bits per heavy atom. The van der Waals surface area contributed by atoms with Gasteiger partial charge in [0.05, 0.1) is 17.9 Å². The lowest BCUT2D eigenvalue weighted by Gasteiger charge is -2.22. The van der Waals surface area contributed by atoms with Gasteiger partial charge in [-0.2, -0.15) is 0 Å². The number of hydrogen-bond acceptors (Lipinski definition) is 6. The molecule has 1 fully saturated rings. The maximum Gasteiger partial charge on any atom is 0.323 e. The summed E-state index contributed by atoms with van der Waals surface area (Å²) in [6, 6.07) is 13.2. The molecule has 1 saturated heterocycles. The molecule has 1 aromatic heterocycles. The molecule has 2 heterocycles. The number of carbonyl (C=O) groups is 2. The van der Waals surface area contributed by atoms with Crippen molar-refractivity contribution >= 4 is 35.0 Å². The second kappa shape index (κ2) is 10.6. The Hall–Kier alpha value is -1.83. The zero-order valence-corrected chi connectivity index (χ0v) is 17.6. The maximum atomic E-state index is 12.6. The average molecular weight is 419 g/mol. The van der Waals surface area contributed by atoms with Crippen LogP contribution in [0.4, 0.5) is 0 Å². The van der Waals surface area contributed by atoms with Crippen molar-refractivity contribution in [2.75, 3.05) is 18.9 Å². The van der Waals surface area contributed by atoms with E-state index in [0.29, 0.717) is 25.3 Å². The number of carbonyl (C=O) groups excluding carboxylic acids is 2. The Morgan fingerprint density at radius 1 is 1.29 bits per heavy atom. The van der Waals surface area contributed by atoms with Gasteiger partial charge in [-0.3, -0.25) is 14.9 Å². The number of aryl methyl sites for hydroxylation is 1. The van der Waals surface area contributed by atoms with Crippen LogP contribution in [0.25, 0.3) is 0 Å². The number of rotatable bonds is 8. The lowest BCUT2D eigenvalue weighted by Crippen LogP contribution is -2.52. The fourth-order valence-electron chi connectivity index (χ4n) is 3.16. The summed E-state index contributed by atoms with van der Waals surface area (Å²) in [5, 5.41) is 8.58. The van der Waals surface area contributed by atoms with E-state index in [0.717, 1.165) is 12.0 Å². The van der Waals surface area contributed by atoms with Crippen LogP contribution < -0.4 is 10.6 Å². The first-order valence-corrected chi connectivity index (χ1v) is 11.5. The lowest BCUT2D eigenvalue weighted by molar-refractivity contribution is -0.146. The first kappa shape index (κ1) is 20.9. The molecule has 150 valence electrons. The van der Waals surface area contributed by atoms with Crippen LogP contribution in [-0.4, -0.2) is 42.9 Å². The molecular weight excluding hydrogens is 392 g/mol. The number of nitrogens with one attached hydrogen (secondary N) is 2. The van der Waals surface area contributed by atoms with Crippen LogP contribution in [0, 0.1) is 0 Å². The summed E-state index contributed by atoms with van der Waals surface area (Å²) >= 11 is 3.45. The predicted octanol–water partition coefficient (Wildman–Crippen LogP) is 3.17. The summed E-state index contributed by atoms with van der Waals surface area (Å²) in [5.74, 6) is 0.270. The predicted molar refractivity (Wildman–Crippen MR) is 115 cm³/mol. The molecule has 7 heteroatoms. The van der Waals surface area contributed by atoms with Gasteiger partial charge in [-0.15, -0.1) is 23.1 Å². The van der Waals surface area contributed by atoms with Gasteiger partial charge in [-0.1, -0.05) is 36.4 Å². The SMILES string of the molecule is CCOC(=O)[C@H](CCc1ccccc1)N[C@@H]1CS[C@H](c2cccs2)CNC1=O. The van der Waals surface area contributed by atoms with Gasteiger partial charge in [0.1, 0.15) is 6.04 Å². The van der Waals surface area contributed by atoms with E-state index in [4.69, 9.17) is 4.74 Å². The van der Waals surface area contributed by atoms with Crippen molar-refractivity contribution in [2.24, 2.45) is 0 Å². The molecule has 1 aliphatic heterocycles. The van der Waals surface area contributed by atoms with Gasteiger partial charge < -0.3 is 10.1 Å². The van der Waals surface area contributed by atoms with Gasteiger partial charge in [-0.05, 0) is 36.8 Å². The number of thioether (sulfide) groups is 1. The van der Waals surface area contributed by atoms with E-state index in [9.17, 15) is 9.59 Å². The van der Waals surface area contributed by atoms with Crippen LogP contribution in [0.5, 0.6) is 0 Å². The first-order chi connectivity index (χ1) is 13.7. The van der Waals surface area contributed by atoms with E-state index in [1.807, 2.05) is 36.4 Å². The maximum absolute atomic E-state index is 12.6. The fourth-order valence-corrected chi connectivity index (χ4v) is 5.35. The van der Waals surface area contributed by atoms with Crippen molar-refractivity contribution in [3.8, 4) is 0 Å². The fraction of sp³-hybridized carbons (Fsp3) is 0.429. The summed E-state index contributed by atoms with van der Waals surface area (Å²) in [6.45, 7) is 2.73. The van der Waals surface area contributed by atoms with Crippen molar-refractivity contribution < 1.29 is 14.3 Å². The summed E-state index contributed by atoms with van der Waals surface area (Å²) < 4.78 is 5.24. The highest BCUT2D eigenvalue weighted by molar-refractivity contribution is 7.99. The van der Waals surface area contributed by atoms with E-state index < -0.39 is 12.1 Å². The highest BCUT2D eigenvalue weighted by atomic mass is 32.2. The molecule has 0 unspecified atom stereocenters. The molecule has 3 rings (SSSR count). The summed E-state index contributed by atoms with van der Waals surface area (Å²) in [4.78, 5) is 26.3. The summed E-state index contributed by atoms with van der Waals surface area (Å²) in [6.07, 6.45) is 1.34. The average Bonchev–Trinajstić information content (AvgIpc) is 3.18. The third-order valence-corrected chi connectivity index (χ3v) is 7.12. The molecule has 1 aliphatic rings. The molecule has 28 heavy (non-hydrogen) atoms. The zero-order chi connectivity index (χ0) is 19.8. The third-order valence-electron chi connectivity index (χ3n) is 4.64. The second-order valence-corrected chi connectivity index (χ2v) is 8.85. The van der Waals surface area contributed by atoms with E-state index >= 15 is 0 Å². The largest absolute Gasteiger partial charge is 0.465 e. The number of hydrogen-bond donors (Lipinski definition) is 2. The summed E-state index contributed by atoms with van der Waals surface area (Å²) in [5.41, 5.74) is 1.16. The van der Waals surface area contributed by atoms with Crippen LogP contribution in [-0.2, 0) is 20.7 Å². The minimum absolute atomic E-state index is 0.0550. The highest BCUT2D eigenvalue weighted by Crippen LogP contribution is 2.33. The Morgan fingerprint density at radius 3 is 2.82 bits per heavy atom. The van der Waals surface area contributed by atoms with Crippen molar-refractivity contribution in [3.63, 3.8) is 0 Å². The molecule has 5 nitrogen and oxygen atoms in total. The molecule has 0 spiro atoms. The Labute approximate surface area is 174 Å². The number of benzene rings is 1. The van der Waals surface area contributed by atoms with Crippen LogP contribution in [0.15, 0.2) is 47.8 Å². The molecule has 2 aromatic rings. The Balaban J connectivity index is 1.63. The van der Waals surface area contributed by atoms with Crippen LogP contribution >= 0.6 is 23.1 Å². The minimum atomic E-state index is -0.505. The van der Waals surface area contributed by atoms with E-state index in [2.05, 4.69) is 22.1 Å². The monoisotopic (exact) mass is 418 g/mol. The number of ether oxygens (including phenoxy) is 1. The topological polar surface area (TPSA) is 67.4 Å². The standard InChI is InChI=1S/C21H26N2O3S2/c1-2-26-21(25)16(11-10-15-7-4-3-5-8-15)23-17-14-28-19(13-22-20(17)24)18-9-6-12-27-18/h3-9,12,16-17,19,23H,2,10-11,13-14H2,1H3,(H,22,24)/t16-,17+,19-/m0/s1. The number of thiophene rings is 1. The number of amides is 1. The quantitative estimate of drug-likeness (QED) is 0.645. The number of esters is 1. The Bertz CT molecular complexity index is 752. The molecular formula is C21H26N2O3S2. The van der Waals surface area contributed by atoms with Gasteiger partial charge in [0, 0.05) is 17.2 Å². The van der Waals surface area contributed by atoms with Crippen LogP contribution in [0.3, 0.4) is 0 Å². The minimum Gasteiger partial charge on any atom is -0.465 e. The smallest absolute Gasteiger partial charge is 0.323 e. The van der Waals surface area contributed by atoms with Crippen molar-refractivity contribution in [1.82, 2.24) is 10.6 Å². The van der Waals surface area contributed by atoms with Gasteiger partial charge in [0.15, 0.2) is 0 Å². The zero-order valence-electron chi connectivity index (χ0n) is 15.9. The normalized spacial score (nSPS) is 20.8. The molecule has 3 atom stereocenters. The highest BCUT2D eigenvalue weighted by Gasteiger charge is 2.31. The van der Waals surface area contributed by atoms with E-state index in [-0.39, 0.29) is 17.1 Å².